The number of nitrogens with zero attached hydrogens (tertiary/aromatic N) is 1. The summed E-state index contributed by atoms with van der Waals surface area (Å²) in [6.07, 6.45) is 4.40. The second-order valence-electron chi connectivity index (χ2n) is 2.99. The Morgan fingerprint density at radius 3 is 2.85 bits per heavy atom. The van der Waals surface area contributed by atoms with Crippen molar-refractivity contribution in [2.45, 2.75) is 19.4 Å². The summed E-state index contributed by atoms with van der Waals surface area (Å²) in [6.45, 7) is 3.59. The van der Waals surface area contributed by atoms with Gasteiger partial charge in [-0.1, -0.05) is 0 Å². The van der Waals surface area contributed by atoms with E-state index < -0.39 is 0 Å². The van der Waals surface area contributed by atoms with Crippen LogP contribution < -0.4 is 5.32 Å². The lowest BCUT2D eigenvalue weighted by Crippen LogP contribution is -2.30. The second kappa shape index (κ2) is 7.61. The van der Waals surface area contributed by atoms with Crippen LogP contribution >= 0.6 is 0 Å². The Morgan fingerprint density at radius 2 is 2.31 bits per heavy atom. The van der Waals surface area contributed by atoms with Crippen molar-refractivity contribution in [2.24, 2.45) is 0 Å². The minimum atomic E-state index is 0.223. The van der Waals surface area contributed by atoms with Gasteiger partial charge in [0.1, 0.15) is 0 Å². The molecule has 0 radical (unpaired) electrons. The van der Waals surface area contributed by atoms with E-state index in [1.807, 2.05) is 14.0 Å². The molecule has 4 nitrogen and oxygen atoms in total. The number of hydrogen-bond acceptors (Lipinski definition) is 3. The van der Waals surface area contributed by atoms with Crippen LogP contribution in [0.4, 0.5) is 0 Å². The minimum absolute atomic E-state index is 0.223. The molecule has 0 aliphatic heterocycles. The quantitative estimate of drug-likeness (QED) is 0.346. The van der Waals surface area contributed by atoms with Gasteiger partial charge in [0.15, 0.2) is 0 Å². The molecule has 0 aromatic heterocycles. The van der Waals surface area contributed by atoms with Crippen molar-refractivity contribution in [1.29, 1.82) is 0 Å². The lowest BCUT2D eigenvalue weighted by molar-refractivity contribution is -0.109. The standard InChI is InChI=1S/C9H18N2O2/c1-9(4-7-12)11(2)6-3-5-10-8-13/h4,7-9,12H,3,5-6H2,1-2H3,(H,10,13)/b7-4+. The van der Waals surface area contributed by atoms with E-state index in [0.29, 0.717) is 13.0 Å². The fraction of sp³-hybridized carbons (Fsp3) is 0.667. The molecule has 76 valence electrons. The molecule has 0 aliphatic rings. The van der Waals surface area contributed by atoms with Gasteiger partial charge in [0, 0.05) is 19.1 Å². The molecule has 0 rings (SSSR count). The summed E-state index contributed by atoms with van der Waals surface area (Å²) in [5.41, 5.74) is 0. The van der Waals surface area contributed by atoms with E-state index in [0.717, 1.165) is 19.2 Å². The minimum Gasteiger partial charge on any atom is -0.516 e. The number of amides is 1. The molecule has 1 amide bonds. The maximum absolute atomic E-state index is 9.92. The Morgan fingerprint density at radius 1 is 1.62 bits per heavy atom. The lowest BCUT2D eigenvalue weighted by Gasteiger charge is -2.21. The number of carbonyl (C=O) groups excluding carboxylic acids is 1. The number of nitrogens with one attached hydrogen (secondary N) is 1. The molecule has 2 N–H and O–H groups in total. The van der Waals surface area contributed by atoms with Crippen molar-refractivity contribution in [3.8, 4) is 0 Å². The zero-order chi connectivity index (χ0) is 10.1. The first-order valence-corrected chi connectivity index (χ1v) is 4.40. The highest BCUT2D eigenvalue weighted by atomic mass is 16.2. The van der Waals surface area contributed by atoms with Crippen LogP contribution in [0.15, 0.2) is 12.3 Å². The fourth-order valence-electron chi connectivity index (χ4n) is 0.965. The molecular formula is C9H18N2O2. The highest BCUT2D eigenvalue weighted by Crippen LogP contribution is 1.97. The zero-order valence-electron chi connectivity index (χ0n) is 8.23. The van der Waals surface area contributed by atoms with E-state index in [-0.39, 0.29) is 6.04 Å². The van der Waals surface area contributed by atoms with Crippen molar-refractivity contribution < 1.29 is 9.90 Å². The SMILES string of the molecule is CC(/C=C/O)N(C)CCCNC=O. The monoisotopic (exact) mass is 186 g/mol. The van der Waals surface area contributed by atoms with Crippen LogP contribution in [0.3, 0.4) is 0 Å². The van der Waals surface area contributed by atoms with E-state index in [1.165, 1.54) is 0 Å². The molecule has 0 aromatic rings. The Balaban J connectivity index is 3.48. The zero-order valence-corrected chi connectivity index (χ0v) is 8.23. The molecule has 1 unspecified atom stereocenters. The summed E-state index contributed by atoms with van der Waals surface area (Å²) in [5.74, 6) is 0. The molecule has 1 atom stereocenters. The first-order valence-electron chi connectivity index (χ1n) is 4.40. The number of hydrogen-bond donors (Lipinski definition) is 2. The van der Waals surface area contributed by atoms with Gasteiger partial charge in [-0.3, -0.25) is 4.79 Å². The molecular weight excluding hydrogens is 168 g/mol. The fourth-order valence-corrected chi connectivity index (χ4v) is 0.965. The molecule has 13 heavy (non-hydrogen) atoms. The molecule has 0 spiro atoms. The van der Waals surface area contributed by atoms with Gasteiger partial charge >= 0.3 is 0 Å². The summed E-state index contributed by atoms with van der Waals surface area (Å²) < 4.78 is 0. The predicted molar refractivity (Wildman–Crippen MR) is 52.5 cm³/mol. The first-order chi connectivity index (χ1) is 6.22. The van der Waals surface area contributed by atoms with Crippen molar-refractivity contribution in [2.75, 3.05) is 20.1 Å². The van der Waals surface area contributed by atoms with Crippen molar-refractivity contribution in [1.82, 2.24) is 10.2 Å². The highest BCUT2D eigenvalue weighted by molar-refractivity contribution is 5.45. The predicted octanol–water partition coefficient (Wildman–Crippen LogP) is 0.514. The van der Waals surface area contributed by atoms with E-state index >= 15 is 0 Å². The normalized spacial score (nSPS) is 13.5. The van der Waals surface area contributed by atoms with E-state index in [9.17, 15) is 4.79 Å². The van der Waals surface area contributed by atoms with Gasteiger partial charge in [0.25, 0.3) is 0 Å². The number of rotatable bonds is 7. The summed E-state index contributed by atoms with van der Waals surface area (Å²) in [5, 5.41) is 11.1. The Bertz CT molecular complexity index is 160. The van der Waals surface area contributed by atoms with Gasteiger partial charge in [-0.25, -0.2) is 0 Å². The molecule has 0 aliphatic carbocycles. The number of likely N-dealkylation sites (N-methyl/N-ethyl adjacent to an activating group) is 1. The average Bonchev–Trinajstić information content (AvgIpc) is 2.12. The number of carbonyl (C=O) groups is 1. The van der Waals surface area contributed by atoms with Crippen LogP contribution in [0.5, 0.6) is 0 Å². The summed E-state index contributed by atoms with van der Waals surface area (Å²) in [6, 6.07) is 0.223. The smallest absolute Gasteiger partial charge is 0.207 e. The molecule has 0 bridgehead atoms. The average molecular weight is 186 g/mol. The molecule has 0 saturated heterocycles. The maximum atomic E-state index is 9.92. The highest BCUT2D eigenvalue weighted by Gasteiger charge is 2.03. The molecule has 0 heterocycles. The van der Waals surface area contributed by atoms with Crippen LogP contribution in [-0.4, -0.2) is 42.6 Å². The number of aliphatic hydroxyl groups excluding tert-OH is 1. The summed E-state index contributed by atoms with van der Waals surface area (Å²) in [4.78, 5) is 12.0. The van der Waals surface area contributed by atoms with Gasteiger partial charge in [0.2, 0.25) is 6.41 Å². The topological polar surface area (TPSA) is 52.6 Å². The third kappa shape index (κ3) is 6.16. The van der Waals surface area contributed by atoms with Crippen LogP contribution in [0.2, 0.25) is 0 Å². The van der Waals surface area contributed by atoms with Crippen molar-refractivity contribution >= 4 is 6.41 Å². The van der Waals surface area contributed by atoms with Crippen molar-refractivity contribution in [3.63, 3.8) is 0 Å². The Labute approximate surface area is 79.2 Å². The molecule has 4 heteroatoms. The molecule has 0 aromatic carbocycles. The van der Waals surface area contributed by atoms with E-state index in [1.54, 1.807) is 6.08 Å². The van der Waals surface area contributed by atoms with Gasteiger partial charge in [0.05, 0.1) is 6.26 Å². The third-order valence-electron chi connectivity index (χ3n) is 1.98. The van der Waals surface area contributed by atoms with Gasteiger partial charge in [-0.2, -0.15) is 0 Å². The Hall–Kier alpha value is -1.03. The number of aliphatic hydroxyl groups is 1. The second-order valence-corrected chi connectivity index (χ2v) is 2.99. The maximum Gasteiger partial charge on any atom is 0.207 e. The van der Waals surface area contributed by atoms with E-state index in [4.69, 9.17) is 5.11 Å². The van der Waals surface area contributed by atoms with Crippen molar-refractivity contribution in [3.05, 3.63) is 12.3 Å². The summed E-state index contributed by atoms with van der Waals surface area (Å²) in [7, 11) is 1.98. The van der Waals surface area contributed by atoms with Gasteiger partial charge < -0.3 is 15.3 Å². The van der Waals surface area contributed by atoms with Crippen LogP contribution in [0.1, 0.15) is 13.3 Å². The lowest BCUT2D eigenvalue weighted by atomic mass is 10.2. The van der Waals surface area contributed by atoms with Crippen LogP contribution in [0.25, 0.3) is 0 Å². The first kappa shape index (κ1) is 12.0. The van der Waals surface area contributed by atoms with Crippen LogP contribution in [-0.2, 0) is 4.79 Å². The third-order valence-corrected chi connectivity index (χ3v) is 1.98. The largest absolute Gasteiger partial charge is 0.516 e. The van der Waals surface area contributed by atoms with E-state index in [2.05, 4.69) is 10.2 Å². The van der Waals surface area contributed by atoms with Gasteiger partial charge in [-0.15, -0.1) is 0 Å². The van der Waals surface area contributed by atoms with Crippen LogP contribution in [0, 0.1) is 0 Å². The van der Waals surface area contributed by atoms with Gasteiger partial charge in [-0.05, 0) is 26.5 Å². The summed E-state index contributed by atoms with van der Waals surface area (Å²) >= 11 is 0. The molecule has 0 saturated carbocycles. The molecule has 0 fully saturated rings. The Kier molecular flexibility index (Phi) is 7.01.